The van der Waals surface area contributed by atoms with Crippen LogP contribution in [0.15, 0.2) is 76.7 Å². The molecule has 0 unspecified atom stereocenters. The number of thiophene rings is 1. The molecule has 2 atom stereocenters. The van der Waals surface area contributed by atoms with E-state index >= 15 is 0 Å². The van der Waals surface area contributed by atoms with Crippen LogP contribution in [0.5, 0.6) is 0 Å². The Bertz CT molecular complexity index is 1280. The molecule has 0 bridgehead atoms. The minimum atomic E-state index is -0.562. The minimum Gasteiger partial charge on any atom is -0.451 e. The largest absolute Gasteiger partial charge is 0.451 e. The van der Waals surface area contributed by atoms with Crippen molar-refractivity contribution in [1.82, 2.24) is 5.01 Å². The highest BCUT2D eigenvalue weighted by molar-refractivity contribution is 7.11. The number of hydrogen-bond acceptors (Lipinski definition) is 5. The van der Waals surface area contributed by atoms with E-state index in [1.54, 1.807) is 41.8 Å². The first-order valence-corrected chi connectivity index (χ1v) is 12.2. The Balaban J connectivity index is 1.45. The third-order valence-electron chi connectivity index (χ3n) is 6.23. The van der Waals surface area contributed by atoms with Crippen LogP contribution in [0.25, 0.3) is 6.08 Å². The van der Waals surface area contributed by atoms with Crippen molar-refractivity contribution in [3.05, 3.63) is 99.3 Å². The van der Waals surface area contributed by atoms with Gasteiger partial charge < -0.3 is 4.74 Å². The number of ether oxygens (including phenoxy) is 1. The van der Waals surface area contributed by atoms with E-state index in [-0.39, 0.29) is 17.6 Å². The SMILES string of the molecule is O=C(OCC(=O)N1N=C2/C(=C\c3ccc(F)cc3)CCC[C@@H]2[C@@H]1c1ccc(F)cc1)c1cccs1. The van der Waals surface area contributed by atoms with E-state index in [1.807, 2.05) is 6.08 Å². The molecule has 1 fully saturated rings. The van der Waals surface area contributed by atoms with Gasteiger partial charge in [0.2, 0.25) is 0 Å². The summed E-state index contributed by atoms with van der Waals surface area (Å²) >= 11 is 1.24. The van der Waals surface area contributed by atoms with Crippen LogP contribution in [0.2, 0.25) is 0 Å². The van der Waals surface area contributed by atoms with E-state index in [0.717, 1.165) is 41.7 Å². The number of esters is 1. The van der Waals surface area contributed by atoms with Gasteiger partial charge in [-0.15, -0.1) is 11.3 Å². The number of fused-ring (bicyclic) bond motifs is 1. The Labute approximate surface area is 205 Å². The molecule has 0 radical (unpaired) electrons. The molecule has 8 heteroatoms. The van der Waals surface area contributed by atoms with Crippen LogP contribution in [0.4, 0.5) is 8.78 Å². The lowest BCUT2D eigenvalue weighted by Gasteiger charge is -2.29. The van der Waals surface area contributed by atoms with Gasteiger partial charge in [0.15, 0.2) is 6.61 Å². The first-order chi connectivity index (χ1) is 17.0. The molecule has 0 saturated heterocycles. The van der Waals surface area contributed by atoms with E-state index in [9.17, 15) is 18.4 Å². The van der Waals surface area contributed by atoms with Gasteiger partial charge >= 0.3 is 5.97 Å². The molecule has 5 nitrogen and oxygen atoms in total. The van der Waals surface area contributed by atoms with E-state index in [0.29, 0.717) is 4.88 Å². The highest BCUT2D eigenvalue weighted by Gasteiger charge is 2.43. The highest BCUT2D eigenvalue weighted by atomic mass is 32.1. The summed E-state index contributed by atoms with van der Waals surface area (Å²) in [6, 6.07) is 15.2. The smallest absolute Gasteiger partial charge is 0.348 e. The zero-order chi connectivity index (χ0) is 24.4. The van der Waals surface area contributed by atoms with Crippen molar-refractivity contribution in [3.8, 4) is 0 Å². The number of hydrazone groups is 1. The van der Waals surface area contributed by atoms with Crippen molar-refractivity contribution < 1.29 is 23.1 Å². The summed E-state index contributed by atoms with van der Waals surface area (Å²) in [5, 5.41) is 7.83. The second kappa shape index (κ2) is 9.92. The maximum absolute atomic E-state index is 13.6. The fourth-order valence-electron chi connectivity index (χ4n) is 4.62. The molecule has 2 aromatic carbocycles. The molecule has 0 N–H and O–H groups in total. The summed E-state index contributed by atoms with van der Waals surface area (Å²) in [5.74, 6) is -1.77. The lowest BCUT2D eigenvalue weighted by Crippen LogP contribution is -2.34. The number of allylic oxidation sites excluding steroid dienone is 1. The van der Waals surface area contributed by atoms with Crippen molar-refractivity contribution in [2.45, 2.75) is 25.3 Å². The molecule has 3 aromatic rings. The summed E-state index contributed by atoms with van der Waals surface area (Å²) in [6.45, 7) is -0.449. The molecule has 1 aromatic heterocycles. The van der Waals surface area contributed by atoms with Gasteiger partial charge in [-0.2, -0.15) is 5.10 Å². The number of nitrogens with zero attached hydrogens (tertiary/aromatic N) is 2. The van der Waals surface area contributed by atoms with Crippen LogP contribution in [-0.4, -0.2) is 29.2 Å². The Morgan fingerprint density at radius 3 is 2.46 bits per heavy atom. The molecule has 1 amide bonds. The summed E-state index contributed by atoms with van der Waals surface area (Å²) in [5.41, 5.74) is 3.37. The van der Waals surface area contributed by atoms with Crippen LogP contribution >= 0.6 is 11.3 Å². The zero-order valence-electron chi connectivity index (χ0n) is 18.7. The van der Waals surface area contributed by atoms with Crippen LogP contribution in [0.1, 0.15) is 46.1 Å². The Morgan fingerprint density at radius 1 is 1.06 bits per heavy atom. The van der Waals surface area contributed by atoms with Gasteiger partial charge in [-0.1, -0.05) is 30.3 Å². The minimum absolute atomic E-state index is 0.0853. The Morgan fingerprint density at radius 2 is 1.77 bits per heavy atom. The molecule has 0 spiro atoms. The molecule has 178 valence electrons. The molecule has 1 saturated carbocycles. The first kappa shape index (κ1) is 23.1. The third-order valence-corrected chi connectivity index (χ3v) is 7.08. The zero-order valence-corrected chi connectivity index (χ0v) is 19.5. The topological polar surface area (TPSA) is 59.0 Å². The predicted molar refractivity (Wildman–Crippen MR) is 130 cm³/mol. The van der Waals surface area contributed by atoms with E-state index in [1.165, 1.54) is 40.6 Å². The maximum Gasteiger partial charge on any atom is 0.348 e. The van der Waals surface area contributed by atoms with Crippen molar-refractivity contribution in [3.63, 3.8) is 0 Å². The average Bonchev–Trinajstić information content (AvgIpc) is 3.53. The van der Waals surface area contributed by atoms with E-state index in [2.05, 4.69) is 0 Å². The second-order valence-electron chi connectivity index (χ2n) is 8.49. The van der Waals surface area contributed by atoms with Crippen molar-refractivity contribution in [2.75, 3.05) is 6.61 Å². The molecule has 5 rings (SSSR count). The predicted octanol–water partition coefficient (Wildman–Crippen LogP) is 6.01. The van der Waals surface area contributed by atoms with E-state index in [4.69, 9.17) is 9.84 Å². The third kappa shape index (κ3) is 4.93. The van der Waals surface area contributed by atoms with Crippen molar-refractivity contribution >= 4 is 35.0 Å². The fraction of sp³-hybridized carbons (Fsp3) is 0.222. The normalized spacial score (nSPS) is 20.5. The quantitative estimate of drug-likeness (QED) is 0.410. The first-order valence-electron chi connectivity index (χ1n) is 11.3. The number of benzene rings is 2. The summed E-state index contributed by atoms with van der Waals surface area (Å²) in [7, 11) is 0. The van der Waals surface area contributed by atoms with Gasteiger partial charge in [0.05, 0.1) is 11.8 Å². The van der Waals surface area contributed by atoms with Gasteiger partial charge in [-0.25, -0.2) is 18.6 Å². The molecule has 1 aliphatic carbocycles. The summed E-state index contributed by atoms with van der Waals surface area (Å²) in [4.78, 5) is 25.9. The number of rotatable bonds is 5. The number of carbonyl (C=O) groups excluding carboxylic acids is 2. The van der Waals surface area contributed by atoms with Crippen LogP contribution in [-0.2, 0) is 9.53 Å². The molecule has 2 heterocycles. The van der Waals surface area contributed by atoms with Crippen molar-refractivity contribution in [1.29, 1.82) is 0 Å². The number of halogens is 2. The van der Waals surface area contributed by atoms with Crippen molar-refractivity contribution in [2.24, 2.45) is 11.0 Å². The fourth-order valence-corrected chi connectivity index (χ4v) is 5.24. The number of amides is 1. The van der Waals surface area contributed by atoms with Crippen LogP contribution in [0, 0.1) is 17.6 Å². The van der Waals surface area contributed by atoms with E-state index < -0.39 is 24.5 Å². The highest BCUT2D eigenvalue weighted by Crippen LogP contribution is 2.44. The Hall–Kier alpha value is -3.65. The van der Waals surface area contributed by atoms with Gasteiger partial charge in [-0.3, -0.25) is 4.79 Å². The lowest BCUT2D eigenvalue weighted by atomic mass is 9.77. The standard InChI is InChI=1S/C27H22F2N2O3S/c28-20-10-6-17(7-11-20)15-19-3-1-4-22-25(19)30-31(26(22)18-8-12-21(29)13-9-18)24(32)16-34-27(33)23-5-2-14-35-23/h2,5-15,22,26H,1,3-4,16H2/b19-15-/t22-,26-/m0/s1. The monoisotopic (exact) mass is 492 g/mol. The van der Waals surface area contributed by atoms with Gasteiger partial charge in [-0.05, 0) is 77.8 Å². The molecule has 35 heavy (non-hydrogen) atoms. The summed E-state index contributed by atoms with van der Waals surface area (Å²) in [6.07, 6.45) is 4.44. The molecular formula is C27H22F2N2O3S. The lowest BCUT2D eigenvalue weighted by molar-refractivity contribution is -0.137. The average molecular weight is 493 g/mol. The summed E-state index contributed by atoms with van der Waals surface area (Å²) < 4.78 is 32.2. The number of carbonyl (C=O) groups is 2. The number of hydrogen-bond donors (Lipinski definition) is 0. The van der Waals surface area contributed by atoms with Gasteiger partial charge in [0, 0.05) is 5.92 Å². The second-order valence-corrected chi connectivity index (χ2v) is 9.44. The van der Waals surface area contributed by atoms with Gasteiger partial charge in [0.25, 0.3) is 5.91 Å². The molecule has 1 aliphatic heterocycles. The Kier molecular flexibility index (Phi) is 6.55. The molecule has 2 aliphatic rings. The maximum atomic E-state index is 13.6. The molecular weight excluding hydrogens is 470 g/mol. The van der Waals surface area contributed by atoms with Crippen LogP contribution < -0.4 is 0 Å². The van der Waals surface area contributed by atoms with Crippen LogP contribution in [0.3, 0.4) is 0 Å². The van der Waals surface area contributed by atoms with Gasteiger partial charge in [0.1, 0.15) is 16.5 Å².